The normalized spacial score (nSPS) is 15.3. The van der Waals surface area contributed by atoms with Gasteiger partial charge >= 0.3 is 6.18 Å². The molecule has 11 heteroatoms. The molecule has 0 bridgehead atoms. The number of anilines is 4. The van der Waals surface area contributed by atoms with E-state index >= 15 is 0 Å². The molecular formula is C23H20F3N5O3. The quantitative estimate of drug-likeness (QED) is 0.455. The molecule has 0 radical (unpaired) electrons. The monoisotopic (exact) mass is 471 g/mol. The fraction of sp³-hybridized carbons (Fsp3) is 0.217. The Morgan fingerprint density at radius 1 is 1.06 bits per heavy atom. The summed E-state index contributed by atoms with van der Waals surface area (Å²) in [5.74, 6) is -2.47. The van der Waals surface area contributed by atoms with Crippen LogP contribution in [0, 0.1) is 13.8 Å². The van der Waals surface area contributed by atoms with Crippen molar-refractivity contribution in [3.05, 3.63) is 75.1 Å². The van der Waals surface area contributed by atoms with Crippen LogP contribution in [-0.4, -0.2) is 21.8 Å². The number of aromatic nitrogens is 2. The standard InChI is InChI=1S/C23H20F3N5O3/c1-11-6-7-15(8-12(11)2)27-20(33)16-10-17(32)29-19-18(16)21(34)31-22(30-19)28-14-5-3-4-13(9-14)23(24,25)26/h3-9,16H,10H2,1-2H3,(H,27,33)(H3,28,29,30,31,32,34). The molecule has 0 saturated carbocycles. The van der Waals surface area contributed by atoms with E-state index in [0.29, 0.717) is 5.69 Å². The summed E-state index contributed by atoms with van der Waals surface area (Å²) in [6.07, 6.45) is -4.80. The molecule has 176 valence electrons. The highest BCUT2D eigenvalue weighted by Gasteiger charge is 2.35. The van der Waals surface area contributed by atoms with Crippen molar-refractivity contribution >= 4 is 35.0 Å². The molecule has 0 fully saturated rings. The van der Waals surface area contributed by atoms with Crippen molar-refractivity contribution in [3.63, 3.8) is 0 Å². The molecule has 1 unspecified atom stereocenters. The van der Waals surface area contributed by atoms with Gasteiger partial charge in [0.2, 0.25) is 17.8 Å². The fourth-order valence-electron chi connectivity index (χ4n) is 3.61. The van der Waals surface area contributed by atoms with E-state index in [1.165, 1.54) is 12.1 Å². The molecule has 0 saturated heterocycles. The van der Waals surface area contributed by atoms with Crippen molar-refractivity contribution < 1.29 is 22.8 Å². The van der Waals surface area contributed by atoms with Crippen molar-refractivity contribution in [2.45, 2.75) is 32.4 Å². The molecule has 1 aliphatic rings. The number of benzene rings is 2. The zero-order valence-electron chi connectivity index (χ0n) is 18.1. The first-order valence-electron chi connectivity index (χ1n) is 10.3. The number of rotatable bonds is 4. The van der Waals surface area contributed by atoms with Crippen LogP contribution in [0.3, 0.4) is 0 Å². The minimum Gasteiger partial charge on any atom is -0.326 e. The van der Waals surface area contributed by atoms with Crippen molar-refractivity contribution in [2.75, 3.05) is 16.0 Å². The fourth-order valence-corrected chi connectivity index (χ4v) is 3.61. The maximum Gasteiger partial charge on any atom is 0.416 e. The summed E-state index contributed by atoms with van der Waals surface area (Å²) in [4.78, 5) is 44.6. The van der Waals surface area contributed by atoms with Crippen molar-refractivity contribution in [3.8, 4) is 0 Å². The Labute approximate surface area is 191 Å². The molecule has 8 nitrogen and oxygen atoms in total. The number of alkyl halides is 3. The number of nitrogens with one attached hydrogen (secondary N) is 4. The van der Waals surface area contributed by atoms with Gasteiger partial charge < -0.3 is 16.0 Å². The topological polar surface area (TPSA) is 116 Å². The third-order valence-corrected chi connectivity index (χ3v) is 5.49. The Morgan fingerprint density at radius 3 is 2.53 bits per heavy atom. The number of hydrogen-bond acceptors (Lipinski definition) is 5. The zero-order chi connectivity index (χ0) is 24.6. The van der Waals surface area contributed by atoms with Gasteiger partial charge in [0.1, 0.15) is 5.82 Å². The van der Waals surface area contributed by atoms with E-state index in [9.17, 15) is 27.6 Å². The molecular weight excluding hydrogens is 451 g/mol. The number of aryl methyl sites for hydroxylation is 2. The maximum absolute atomic E-state index is 13.0. The third-order valence-electron chi connectivity index (χ3n) is 5.49. The minimum absolute atomic E-state index is 0.0316. The summed E-state index contributed by atoms with van der Waals surface area (Å²) >= 11 is 0. The van der Waals surface area contributed by atoms with Gasteiger partial charge in [-0.05, 0) is 55.3 Å². The lowest BCUT2D eigenvalue weighted by Crippen LogP contribution is -2.36. The highest BCUT2D eigenvalue weighted by molar-refractivity contribution is 6.04. The van der Waals surface area contributed by atoms with Crippen molar-refractivity contribution in [1.82, 2.24) is 9.97 Å². The average Bonchev–Trinajstić information content (AvgIpc) is 2.75. The molecule has 1 aromatic heterocycles. The van der Waals surface area contributed by atoms with Gasteiger partial charge in [0, 0.05) is 17.8 Å². The van der Waals surface area contributed by atoms with Crippen molar-refractivity contribution in [1.29, 1.82) is 0 Å². The van der Waals surface area contributed by atoms with Crippen LogP contribution in [0.2, 0.25) is 0 Å². The van der Waals surface area contributed by atoms with E-state index in [0.717, 1.165) is 23.3 Å². The molecule has 2 amide bonds. The number of hydrogen-bond donors (Lipinski definition) is 4. The Hall–Kier alpha value is -4.15. The Balaban J connectivity index is 1.62. The third kappa shape index (κ3) is 4.77. The van der Waals surface area contributed by atoms with Gasteiger partial charge in [-0.25, -0.2) is 0 Å². The molecule has 2 heterocycles. The molecule has 3 aromatic rings. The molecule has 4 rings (SSSR count). The van der Waals surface area contributed by atoms with E-state index < -0.39 is 35.0 Å². The second kappa shape index (κ2) is 8.65. The Kier molecular flexibility index (Phi) is 5.86. The molecule has 2 aromatic carbocycles. The van der Waals surface area contributed by atoms with E-state index in [1.807, 2.05) is 19.9 Å². The lowest BCUT2D eigenvalue weighted by Gasteiger charge is -2.24. The first-order chi connectivity index (χ1) is 16.0. The van der Waals surface area contributed by atoms with E-state index in [-0.39, 0.29) is 29.4 Å². The SMILES string of the molecule is Cc1ccc(NC(=O)C2CC(=O)Nc3nc(Nc4cccc(C(F)(F)F)c4)[nH]c(=O)c32)cc1C. The summed E-state index contributed by atoms with van der Waals surface area (Å²) < 4.78 is 38.9. The molecule has 34 heavy (non-hydrogen) atoms. The van der Waals surface area contributed by atoms with Gasteiger partial charge in [-0.2, -0.15) is 18.2 Å². The van der Waals surface area contributed by atoms with E-state index in [4.69, 9.17) is 0 Å². The lowest BCUT2D eigenvalue weighted by molar-refractivity contribution is -0.137. The highest BCUT2D eigenvalue weighted by atomic mass is 19.4. The van der Waals surface area contributed by atoms with Gasteiger partial charge in [-0.1, -0.05) is 12.1 Å². The number of amides is 2. The first-order valence-corrected chi connectivity index (χ1v) is 10.3. The van der Waals surface area contributed by atoms with Crippen LogP contribution in [0.4, 0.5) is 36.3 Å². The molecule has 4 N–H and O–H groups in total. The number of aromatic amines is 1. The van der Waals surface area contributed by atoms with E-state index in [1.54, 1.807) is 12.1 Å². The largest absolute Gasteiger partial charge is 0.416 e. The summed E-state index contributed by atoms with van der Waals surface area (Å²) in [7, 11) is 0. The number of carbonyl (C=O) groups excluding carboxylic acids is 2. The van der Waals surface area contributed by atoms with Crippen LogP contribution in [0.5, 0.6) is 0 Å². The second-order valence-electron chi connectivity index (χ2n) is 7.97. The van der Waals surface area contributed by atoms with Crippen LogP contribution in [-0.2, 0) is 15.8 Å². The highest BCUT2D eigenvalue weighted by Crippen LogP contribution is 2.32. The van der Waals surface area contributed by atoms with Gasteiger partial charge in [-0.3, -0.25) is 19.4 Å². The summed E-state index contributed by atoms with van der Waals surface area (Å²) in [6.45, 7) is 3.82. The zero-order valence-corrected chi connectivity index (χ0v) is 18.1. The van der Waals surface area contributed by atoms with Crippen molar-refractivity contribution in [2.24, 2.45) is 0 Å². The molecule has 1 atom stereocenters. The Bertz CT molecular complexity index is 1350. The van der Waals surface area contributed by atoms with Crippen LogP contribution < -0.4 is 21.5 Å². The predicted molar refractivity (Wildman–Crippen MR) is 120 cm³/mol. The van der Waals surface area contributed by atoms with Crippen LogP contribution in [0.15, 0.2) is 47.3 Å². The smallest absolute Gasteiger partial charge is 0.326 e. The Morgan fingerprint density at radius 2 is 1.82 bits per heavy atom. The van der Waals surface area contributed by atoms with Gasteiger partial charge in [-0.15, -0.1) is 0 Å². The first kappa shape index (κ1) is 23.0. The predicted octanol–water partition coefficient (Wildman–Crippen LogP) is 4.21. The van der Waals surface area contributed by atoms with Gasteiger partial charge in [0.05, 0.1) is 17.0 Å². The maximum atomic E-state index is 13.0. The van der Waals surface area contributed by atoms with Gasteiger partial charge in [0.15, 0.2) is 0 Å². The van der Waals surface area contributed by atoms with Crippen LogP contribution in [0.25, 0.3) is 0 Å². The number of H-pyrrole nitrogens is 1. The van der Waals surface area contributed by atoms with E-state index in [2.05, 4.69) is 25.9 Å². The second-order valence-corrected chi connectivity index (χ2v) is 7.97. The molecule has 1 aliphatic heterocycles. The lowest BCUT2D eigenvalue weighted by atomic mass is 9.92. The molecule has 0 aliphatic carbocycles. The summed E-state index contributed by atoms with van der Waals surface area (Å²) in [6, 6.07) is 9.68. The summed E-state index contributed by atoms with van der Waals surface area (Å²) in [5, 5.41) is 7.78. The molecule has 0 spiro atoms. The van der Waals surface area contributed by atoms with Crippen LogP contribution in [0.1, 0.15) is 34.6 Å². The van der Waals surface area contributed by atoms with Crippen LogP contribution >= 0.6 is 0 Å². The van der Waals surface area contributed by atoms with Gasteiger partial charge in [0.25, 0.3) is 5.56 Å². The number of nitrogens with zero attached hydrogens (tertiary/aromatic N) is 1. The number of fused-ring (bicyclic) bond motifs is 1. The summed E-state index contributed by atoms with van der Waals surface area (Å²) in [5.41, 5.74) is 0.951. The number of carbonyl (C=O) groups is 2. The minimum atomic E-state index is -4.54. The average molecular weight is 471 g/mol. The number of halogens is 3.